The minimum Gasteiger partial charge on any atom is -0.490 e. The van der Waals surface area contributed by atoms with Gasteiger partial charge in [-0.25, -0.2) is 0 Å². The lowest BCUT2D eigenvalue weighted by atomic mass is 9.86. The molecule has 0 aromatic heterocycles. The molecule has 5 nitrogen and oxygen atoms in total. The zero-order valence-corrected chi connectivity index (χ0v) is 15.9. The topological polar surface area (TPSA) is 53.6 Å². The molecule has 1 spiro atoms. The van der Waals surface area contributed by atoms with Crippen LogP contribution >= 0.6 is 0 Å². The lowest BCUT2D eigenvalue weighted by Crippen LogP contribution is -2.64. The Morgan fingerprint density at radius 1 is 1.14 bits per heavy atom. The number of nitrogens with one attached hydrogen (secondary N) is 2. The standard InChI is InChI=1S/C23H25N3O2/c1-2-13-28-18-10-7-16(8-11-18)15-26-17-9-12-21(26)23(14-17)24-20-6-4-3-5-19(20)22(27)25-23/h2-8,10-11,17,21,24H,1,9,12-15H2,(H,25,27). The molecule has 28 heavy (non-hydrogen) atoms. The molecule has 2 N–H and O–H groups in total. The number of fused-ring (bicyclic) bond motifs is 4. The Labute approximate surface area is 165 Å². The number of carbonyl (C=O) groups excluding carboxylic acids is 1. The molecular formula is C23H25N3O2. The monoisotopic (exact) mass is 375 g/mol. The Morgan fingerprint density at radius 3 is 2.79 bits per heavy atom. The van der Waals surface area contributed by atoms with Crippen LogP contribution in [0.25, 0.3) is 0 Å². The van der Waals surface area contributed by atoms with E-state index in [1.54, 1.807) is 6.08 Å². The number of benzene rings is 2. The van der Waals surface area contributed by atoms with Gasteiger partial charge < -0.3 is 15.4 Å². The second kappa shape index (κ2) is 6.67. The second-order valence-electron chi connectivity index (χ2n) is 7.96. The molecule has 3 aliphatic rings. The first-order valence-electron chi connectivity index (χ1n) is 9.97. The van der Waals surface area contributed by atoms with Gasteiger partial charge in [0.05, 0.1) is 11.6 Å². The van der Waals surface area contributed by atoms with Crippen LogP contribution < -0.4 is 15.4 Å². The zero-order valence-electron chi connectivity index (χ0n) is 15.9. The summed E-state index contributed by atoms with van der Waals surface area (Å²) in [5.74, 6) is 0.896. The fourth-order valence-electron chi connectivity index (χ4n) is 5.09. The van der Waals surface area contributed by atoms with Gasteiger partial charge in [-0.15, -0.1) is 0 Å². The molecular weight excluding hydrogens is 350 g/mol. The summed E-state index contributed by atoms with van der Waals surface area (Å²) in [4.78, 5) is 15.3. The third-order valence-corrected chi connectivity index (χ3v) is 6.29. The average Bonchev–Trinajstić information content (AvgIpc) is 3.21. The van der Waals surface area contributed by atoms with E-state index in [1.807, 2.05) is 36.4 Å². The number of rotatable bonds is 5. The van der Waals surface area contributed by atoms with E-state index in [0.29, 0.717) is 18.7 Å². The van der Waals surface area contributed by atoms with Crippen LogP contribution in [-0.4, -0.2) is 35.2 Å². The molecule has 5 heteroatoms. The Morgan fingerprint density at radius 2 is 1.96 bits per heavy atom. The number of ether oxygens (including phenoxy) is 1. The van der Waals surface area contributed by atoms with Crippen molar-refractivity contribution < 1.29 is 9.53 Å². The van der Waals surface area contributed by atoms with Crippen molar-refractivity contribution in [1.29, 1.82) is 0 Å². The lowest BCUT2D eigenvalue weighted by Gasteiger charge is -2.43. The van der Waals surface area contributed by atoms with Crippen LogP contribution in [0, 0.1) is 0 Å². The largest absolute Gasteiger partial charge is 0.490 e. The van der Waals surface area contributed by atoms with E-state index in [9.17, 15) is 4.79 Å². The molecule has 2 bridgehead atoms. The minimum atomic E-state index is -0.360. The maximum Gasteiger partial charge on any atom is 0.255 e. The minimum absolute atomic E-state index is 0.0329. The quantitative estimate of drug-likeness (QED) is 0.785. The molecule has 3 atom stereocenters. The van der Waals surface area contributed by atoms with Crippen LogP contribution in [0.3, 0.4) is 0 Å². The number of hydrogen-bond acceptors (Lipinski definition) is 4. The molecule has 2 aromatic carbocycles. The fraction of sp³-hybridized carbons (Fsp3) is 0.348. The van der Waals surface area contributed by atoms with Crippen LogP contribution in [0.2, 0.25) is 0 Å². The summed E-state index contributed by atoms with van der Waals surface area (Å²) < 4.78 is 5.58. The molecule has 0 aliphatic carbocycles. The molecule has 0 radical (unpaired) electrons. The van der Waals surface area contributed by atoms with Gasteiger partial charge in [0.2, 0.25) is 0 Å². The van der Waals surface area contributed by atoms with Crippen LogP contribution in [0.4, 0.5) is 5.69 Å². The summed E-state index contributed by atoms with van der Waals surface area (Å²) >= 11 is 0. The maximum absolute atomic E-state index is 12.7. The molecule has 3 heterocycles. The van der Waals surface area contributed by atoms with E-state index >= 15 is 0 Å². The predicted octanol–water partition coefficient (Wildman–Crippen LogP) is 3.54. The third-order valence-electron chi connectivity index (χ3n) is 6.29. The highest BCUT2D eigenvalue weighted by Crippen LogP contribution is 2.47. The lowest BCUT2D eigenvalue weighted by molar-refractivity contribution is 0.0870. The van der Waals surface area contributed by atoms with Gasteiger partial charge >= 0.3 is 0 Å². The van der Waals surface area contributed by atoms with Crippen LogP contribution in [0.1, 0.15) is 35.2 Å². The van der Waals surface area contributed by atoms with Crippen molar-refractivity contribution in [2.45, 2.75) is 43.6 Å². The molecule has 3 unspecified atom stereocenters. The molecule has 2 fully saturated rings. The summed E-state index contributed by atoms with van der Waals surface area (Å²) in [5, 5.41) is 6.99. The van der Waals surface area contributed by atoms with Gasteiger partial charge in [0.1, 0.15) is 18.0 Å². The second-order valence-corrected chi connectivity index (χ2v) is 7.96. The highest BCUT2D eigenvalue weighted by molar-refractivity contribution is 6.02. The summed E-state index contributed by atoms with van der Waals surface area (Å²) in [6, 6.07) is 16.9. The molecule has 2 aromatic rings. The van der Waals surface area contributed by atoms with E-state index in [4.69, 9.17) is 4.74 Å². The Balaban J connectivity index is 1.35. The molecule has 0 saturated carbocycles. The Kier molecular flexibility index (Phi) is 4.13. The number of para-hydroxylation sites is 1. The fourth-order valence-corrected chi connectivity index (χ4v) is 5.09. The number of nitrogens with zero attached hydrogens (tertiary/aromatic N) is 1. The van der Waals surface area contributed by atoms with Crippen LogP contribution in [0.5, 0.6) is 5.75 Å². The van der Waals surface area contributed by atoms with E-state index < -0.39 is 0 Å². The number of amides is 1. The Bertz CT molecular complexity index is 910. The van der Waals surface area contributed by atoms with Crippen molar-refractivity contribution >= 4 is 11.6 Å². The third kappa shape index (κ3) is 2.78. The van der Waals surface area contributed by atoms with E-state index in [1.165, 1.54) is 12.0 Å². The zero-order chi connectivity index (χ0) is 19.1. The van der Waals surface area contributed by atoms with Gasteiger partial charge in [0.25, 0.3) is 5.91 Å². The summed E-state index contributed by atoms with van der Waals surface area (Å²) in [7, 11) is 0. The van der Waals surface area contributed by atoms with E-state index in [-0.39, 0.29) is 11.6 Å². The molecule has 144 valence electrons. The van der Waals surface area contributed by atoms with Gasteiger partial charge in [0.15, 0.2) is 0 Å². The molecule has 1 amide bonds. The smallest absolute Gasteiger partial charge is 0.255 e. The van der Waals surface area contributed by atoms with Crippen molar-refractivity contribution in [3.8, 4) is 5.75 Å². The highest BCUT2D eigenvalue weighted by Gasteiger charge is 2.58. The van der Waals surface area contributed by atoms with Crippen LogP contribution in [-0.2, 0) is 6.54 Å². The van der Waals surface area contributed by atoms with Gasteiger partial charge in [-0.1, -0.05) is 36.9 Å². The number of anilines is 1. The van der Waals surface area contributed by atoms with Gasteiger partial charge in [-0.2, -0.15) is 0 Å². The maximum atomic E-state index is 12.7. The van der Waals surface area contributed by atoms with Crippen molar-refractivity contribution in [2.75, 3.05) is 11.9 Å². The highest BCUT2D eigenvalue weighted by atomic mass is 16.5. The normalized spacial score (nSPS) is 27.9. The average molecular weight is 375 g/mol. The Hall–Kier alpha value is -2.79. The summed E-state index contributed by atoms with van der Waals surface area (Å²) in [6.07, 6.45) is 4.98. The number of carbonyl (C=O) groups is 1. The van der Waals surface area contributed by atoms with Crippen molar-refractivity contribution in [1.82, 2.24) is 10.2 Å². The summed E-state index contributed by atoms with van der Waals surface area (Å²) in [6.45, 7) is 5.08. The van der Waals surface area contributed by atoms with Gasteiger partial charge in [0, 0.05) is 24.7 Å². The first kappa shape index (κ1) is 17.3. The van der Waals surface area contributed by atoms with Crippen molar-refractivity contribution in [2.24, 2.45) is 0 Å². The van der Waals surface area contributed by atoms with Crippen LogP contribution in [0.15, 0.2) is 61.2 Å². The first-order chi connectivity index (χ1) is 13.7. The van der Waals surface area contributed by atoms with Crippen molar-refractivity contribution in [3.63, 3.8) is 0 Å². The molecule has 2 saturated heterocycles. The van der Waals surface area contributed by atoms with Gasteiger partial charge in [-0.3, -0.25) is 9.69 Å². The predicted molar refractivity (Wildman–Crippen MR) is 109 cm³/mol. The van der Waals surface area contributed by atoms with Gasteiger partial charge in [-0.05, 0) is 42.7 Å². The molecule has 3 aliphatic heterocycles. The van der Waals surface area contributed by atoms with E-state index in [0.717, 1.165) is 36.4 Å². The molecule has 5 rings (SSSR count). The van der Waals surface area contributed by atoms with Crippen molar-refractivity contribution in [3.05, 3.63) is 72.3 Å². The van der Waals surface area contributed by atoms with E-state index in [2.05, 4.69) is 34.2 Å². The first-order valence-corrected chi connectivity index (χ1v) is 9.97. The summed E-state index contributed by atoms with van der Waals surface area (Å²) in [5.41, 5.74) is 2.59. The SMILES string of the molecule is C=CCOc1ccc(CN2C3CCC2C2(C3)NC(=O)c3ccccc3N2)cc1. The number of hydrogen-bond donors (Lipinski definition) is 2.